The van der Waals surface area contributed by atoms with E-state index in [1.54, 1.807) is 18.3 Å². The van der Waals surface area contributed by atoms with Gasteiger partial charge in [0.15, 0.2) is 6.17 Å². The molecule has 1 aromatic heterocycles. The number of carbonyl (C=O) groups excluding carboxylic acids is 5. The molecule has 1 unspecified atom stereocenters. The molecule has 0 saturated carbocycles. The normalized spacial score (nSPS) is 23.1. The number of likely N-dealkylation sites (tertiary alicyclic amines) is 1. The maximum atomic E-state index is 15.3. The molecule has 15 heteroatoms. The monoisotopic (exact) mass is 742 g/mol. The fourth-order valence-electron chi connectivity index (χ4n) is 7.90. The number of carbonyl (C=O) groups is 5. The van der Waals surface area contributed by atoms with Gasteiger partial charge in [-0.15, -0.1) is 0 Å². The smallest absolute Gasteiger partial charge is 0.258 e. The number of alkyl halides is 1. The number of benzene rings is 2. The van der Waals surface area contributed by atoms with Crippen LogP contribution in [0.25, 0.3) is 10.8 Å². The number of fused-ring (bicyclic) bond motifs is 2. The quantitative estimate of drug-likeness (QED) is 0.220. The number of halogens is 2. The number of primary amides is 1. The molecule has 4 N–H and O–H groups in total. The van der Waals surface area contributed by atoms with Gasteiger partial charge in [-0.25, -0.2) is 13.8 Å². The lowest BCUT2D eigenvalue weighted by Gasteiger charge is -2.30. The number of pyridine rings is 1. The third kappa shape index (κ3) is 7.05. The Kier molecular flexibility index (Phi) is 10.2. The number of amides is 5. The third-order valence-corrected chi connectivity index (χ3v) is 10.8. The first-order valence-electron chi connectivity index (χ1n) is 18.0. The molecule has 4 atom stereocenters. The summed E-state index contributed by atoms with van der Waals surface area (Å²) < 4.78 is 41.1. The van der Waals surface area contributed by atoms with E-state index in [2.05, 4.69) is 32.4 Å². The molecule has 0 aliphatic carbocycles. The number of ether oxygens (including phenoxy) is 2. The van der Waals surface area contributed by atoms with E-state index in [9.17, 15) is 28.4 Å². The lowest BCUT2D eigenvalue weighted by Crippen LogP contribution is -2.52. The number of imide groups is 1. The fraction of sp³-hybridized carbons (Fsp3) is 0.436. The minimum atomic E-state index is -1.61. The van der Waals surface area contributed by atoms with Crippen molar-refractivity contribution >= 4 is 40.3 Å². The van der Waals surface area contributed by atoms with E-state index < -0.39 is 53.6 Å². The molecule has 7 rings (SSSR count). The molecular formula is C39H40F2N6O7. The van der Waals surface area contributed by atoms with Crippen molar-refractivity contribution in [3.05, 3.63) is 64.1 Å². The second-order valence-electron chi connectivity index (χ2n) is 14.2. The topological polar surface area (TPSA) is 173 Å². The number of nitrogens with zero attached hydrogens (tertiary/aromatic N) is 3. The molecule has 282 valence electrons. The highest BCUT2D eigenvalue weighted by molar-refractivity contribution is 6.06. The van der Waals surface area contributed by atoms with E-state index in [1.807, 2.05) is 13.0 Å². The Hall–Kier alpha value is -5.62. The molecule has 4 aliphatic heterocycles. The Labute approximate surface area is 309 Å². The second kappa shape index (κ2) is 15.0. The first kappa shape index (κ1) is 36.7. The van der Waals surface area contributed by atoms with Crippen LogP contribution in [0.2, 0.25) is 0 Å². The van der Waals surface area contributed by atoms with Crippen LogP contribution in [0.15, 0.2) is 30.5 Å². The molecule has 0 radical (unpaired) electrons. The fourth-order valence-corrected chi connectivity index (χ4v) is 7.90. The van der Waals surface area contributed by atoms with Gasteiger partial charge in [0.25, 0.3) is 17.7 Å². The van der Waals surface area contributed by atoms with Gasteiger partial charge in [0.2, 0.25) is 17.7 Å². The minimum Gasteiger partial charge on any atom is -0.496 e. The molecule has 3 fully saturated rings. The second-order valence-corrected chi connectivity index (χ2v) is 14.2. The summed E-state index contributed by atoms with van der Waals surface area (Å²) in [4.78, 5) is 69.4. The predicted molar refractivity (Wildman–Crippen MR) is 190 cm³/mol. The first-order valence-corrected chi connectivity index (χ1v) is 18.0. The molecule has 5 heterocycles. The van der Waals surface area contributed by atoms with Gasteiger partial charge >= 0.3 is 0 Å². The zero-order valence-electron chi connectivity index (χ0n) is 29.9. The Morgan fingerprint density at radius 1 is 1.07 bits per heavy atom. The zero-order chi connectivity index (χ0) is 38.3. The molecule has 0 spiro atoms. The number of nitrogens with two attached hydrogens (primary N) is 1. The SMILES string of the molecule is CC[C@@H]1[C@H](F)C(=O)N[C@@H]1COc1ncc(C#CC2CCN(Cc3cc(F)c4c(c3)CN(C3CCC(=O)NC3=O)C4=O)CC2)c2cc(C(N)=O)c(OC)cc12. The Balaban J connectivity index is 1.03. The number of piperidine rings is 2. The molecule has 13 nitrogen and oxygen atoms in total. The van der Waals surface area contributed by atoms with Crippen LogP contribution >= 0.6 is 0 Å². The van der Waals surface area contributed by atoms with Crippen molar-refractivity contribution in [1.82, 2.24) is 25.4 Å². The maximum absolute atomic E-state index is 15.3. The molecular weight excluding hydrogens is 702 g/mol. The Bertz CT molecular complexity index is 2130. The van der Waals surface area contributed by atoms with Gasteiger partial charge in [-0.3, -0.25) is 34.2 Å². The summed E-state index contributed by atoms with van der Waals surface area (Å²) in [7, 11) is 1.41. The molecule has 3 aromatic rings. The van der Waals surface area contributed by atoms with E-state index in [4.69, 9.17) is 15.2 Å². The number of methoxy groups -OCH3 is 1. The van der Waals surface area contributed by atoms with Crippen LogP contribution < -0.4 is 25.8 Å². The van der Waals surface area contributed by atoms with Gasteiger partial charge in [0.1, 0.15) is 24.2 Å². The first-order chi connectivity index (χ1) is 25.9. The summed E-state index contributed by atoms with van der Waals surface area (Å²) in [5, 5.41) is 5.99. The van der Waals surface area contributed by atoms with Gasteiger partial charge in [0, 0.05) is 48.3 Å². The van der Waals surface area contributed by atoms with Crippen LogP contribution in [0, 0.1) is 29.5 Å². The van der Waals surface area contributed by atoms with Crippen molar-refractivity contribution in [2.45, 2.75) is 70.4 Å². The summed E-state index contributed by atoms with van der Waals surface area (Å²) >= 11 is 0. The highest BCUT2D eigenvalue weighted by Crippen LogP contribution is 2.35. The van der Waals surface area contributed by atoms with Crippen LogP contribution in [-0.2, 0) is 27.5 Å². The van der Waals surface area contributed by atoms with Crippen molar-refractivity contribution < 1.29 is 42.2 Å². The van der Waals surface area contributed by atoms with Crippen LogP contribution in [0.4, 0.5) is 8.78 Å². The summed E-state index contributed by atoms with van der Waals surface area (Å²) in [5.41, 5.74) is 7.59. The molecule has 0 bridgehead atoms. The van der Waals surface area contributed by atoms with Crippen molar-refractivity contribution in [2.24, 2.45) is 17.6 Å². The average molecular weight is 743 g/mol. The number of aromatic nitrogens is 1. The van der Waals surface area contributed by atoms with Crippen LogP contribution in [-0.4, -0.2) is 89.4 Å². The largest absolute Gasteiger partial charge is 0.496 e. The molecule has 3 saturated heterocycles. The van der Waals surface area contributed by atoms with Gasteiger partial charge in [-0.2, -0.15) is 0 Å². The summed E-state index contributed by atoms with van der Waals surface area (Å²) in [6.07, 6.45) is 2.22. The Morgan fingerprint density at radius 2 is 1.85 bits per heavy atom. The molecule has 2 aromatic carbocycles. The highest BCUT2D eigenvalue weighted by Gasteiger charge is 2.42. The van der Waals surface area contributed by atoms with Crippen LogP contribution in [0.3, 0.4) is 0 Å². The third-order valence-electron chi connectivity index (χ3n) is 10.8. The number of hydrogen-bond donors (Lipinski definition) is 3. The number of hydrogen-bond acceptors (Lipinski definition) is 9. The van der Waals surface area contributed by atoms with E-state index in [0.29, 0.717) is 48.0 Å². The van der Waals surface area contributed by atoms with Crippen molar-refractivity contribution in [2.75, 3.05) is 26.8 Å². The highest BCUT2D eigenvalue weighted by atomic mass is 19.1. The summed E-state index contributed by atoms with van der Waals surface area (Å²) in [5.74, 6) is 3.10. The predicted octanol–water partition coefficient (Wildman–Crippen LogP) is 2.75. The van der Waals surface area contributed by atoms with Gasteiger partial charge in [-0.1, -0.05) is 24.8 Å². The van der Waals surface area contributed by atoms with Gasteiger partial charge < -0.3 is 25.4 Å². The summed E-state index contributed by atoms with van der Waals surface area (Å²) in [6, 6.07) is 5.04. The van der Waals surface area contributed by atoms with Gasteiger partial charge in [0.05, 0.1) is 29.8 Å². The maximum Gasteiger partial charge on any atom is 0.258 e. The Morgan fingerprint density at radius 3 is 2.56 bits per heavy atom. The number of nitrogens with one attached hydrogen (secondary N) is 2. The standard InChI is InChI=1S/C39H40F2N6O7/c1-3-24-29(44-37(51)34(24)41)19-54-38-26-15-31(53-2)27(35(42)49)14-25(26)22(16-43-38)5-4-20-8-10-46(11-9-20)17-21-12-23-18-47(39(52)33(23)28(40)13-21)30-6-7-32(48)45-36(30)50/h12-16,20,24,29-30,34H,3,6-11,17-19H2,1-2H3,(H2,42,49)(H,44,51)(H,45,48,50)/t24-,29+,30?,34-/m0/s1. The lowest BCUT2D eigenvalue weighted by atomic mass is 9.95. The summed E-state index contributed by atoms with van der Waals surface area (Å²) in [6.45, 7) is 3.78. The minimum absolute atomic E-state index is 0.00667. The van der Waals surface area contributed by atoms with Crippen molar-refractivity contribution in [3.8, 4) is 23.5 Å². The molecule has 5 amide bonds. The van der Waals surface area contributed by atoms with Crippen molar-refractivity contribution in [3.63, 3.8) is 0 Å². The lowest BCUT2D eigenvalue weighted by molar-refractivity contribution is -0.137. The van der Waals surface area contributed by atoms with Gasteiger partial charge in [-0.05, 0) is 68.1 Å². The zero-order valence-corrected chi connectivity index (χ0v) is 29.9. The van der Waals surface area contributed by atoms with E-state index in [0.717, 1.165) is 18.4 Å². The van der Waals surface area contributed by atoms with E-state index >= 15 is 4.39 Å². The average Bonchev–Trinajstić information content (AvgIpc) is 3.63. The van der Waals surface area contributed by atoms with Crippen LogP contribution in [0.1, 0.15) is 76.4 Å². The van der Waals surface area contributed by atoms with Crippen molar-refractivity contribution in [1.29, 1.82) is 0 Å². The molecule has 54 heavy (non-hydrogen) atoms. The molecule has 4 aliphatic rings. The van der Waals surface area contributed by atoms with Crippen LogP contribution in [0.5, 0.6) is 11.6 Å². The number of rotatable bonds is 9. The van der Waals surface area contributed by atoms with E-state index in [-0.39, 0.29) is 60.6 Å². The van der Waals surface area contributed by atoms with E-state index in [1.165, 1.54) is 18.1 Å².